The van der Waals surface area contributed by atoms with Crippen LogP contribution in [0.1, 0.15) is 120 Å². The van der Waals surface area contributed by atoms with Gasteiger partial charge in [0, 0.05) is 0 Å². The van der Waals surface area contributed by atoms with Crippen LogP contribution >= 0.6 is 0 Å². The Labute approximate surface area is 373 Å². The lowest BCUT2D eigenvalue weighted by Gasteiger charge is -2.31. The average Bonchev–Trinajstić information content (AvgIpc) is 3.22. The summed E-state index contributed by atoms with van der Waals surface area (Å²) >= 11 is 0. The Morgan fingerprint density at radius 3 is 1.41 bits per heavy atom. The number of benzene rings is 1. The van der Waals surface area contributed by atoms with Gasteiger partial charge in [-0.1, -0.05) is 98.6 Å². The van der Waals surface area contributed by atoms with E-state index in [1.54, 1.807) is 13.8 Å². The Kier molecular flexibility index (Phi) is 25.4. The van der Waals surface area contributed by atoms with Crippen LogP contribution in [0, 0.1) is 23.7 Å². The predicted molar refractivity (Wildman–Crippen MR) is 241 cm³/mol. The molecule has 0 radical (unpaired) electrons. The monoisotopic (exact) mass is 888 g/mol. The molecule has 0 aliphatic heterocycles. The highest BCUT2D eigenvalue weighted by molar-refractivity contribution is 5.97. The van der Waals surface area contributed by atoms with Gasteiger partial charge in [0.25, 0.3) is 0 Å². The third-order valence-corrected chi connectivity index (χ3v) is 11.0. The fraction of sp³-hybridized carbons (Fsp3) is 0.689. The van der Waals surface area contributed by atoms with Crippen LogP contribution in [0.4, 0.5) is 0 Å². The number of hydrogen-bond donors (Lipinski definition) is 10. The minimum Gasteiger partial charge on any atom is -0.480 e. The van der Waals surface area contributed by atoms with E-state index in [2.05, 4.69) is 37.2 Å². The largest absolute Gasteiger partial charge is 0.480 e. The van der Waals surface area contributed by atoms with Crippen molar-refractivity contribution in [1.82, 2.24) is 37.2 Å². The second-order valence-electron chi connectivity index (χ2n) is 17.6. The highest BCUT2D eigenvalue weighted by atomic mass is 16.4. The number of carbonyl (C=O) groups excluding carboxylic acids is 7. The summed E-state index contributed by atoms with van der Waals surface area (Å²) in [5, 5.41) is 28.0. The number of amides is 7. The Balaban J connectivity index is 3.33. The molecule has 7 amide bonds. The Morgan fingerprint density at radius 1 is 0.540 bits per heavy atom. The molecule has 0 spiro atoms. The molecule has 18 heteroatoms. The molecule has 1 aromatic rings. The first kappa shape index (κ1) is 55.9. The van der Waals surface area contributed by atoms with E-state index in [9.17, 15) is 38.4 Å². The fourth-order valence-electron chi connectivity index (χ4n) is 6.62. The van der Waals surface area contributed by atoms with Gasteiger partial charge in [-0.15, -0.1) is 0 Å². The number of rotatable bonds is 29. The van der Waals surface area contributed by atoms with Crippen LogP contribution < -0.4 is 48.7 Å². The molecule has 10 atom stereocenters. The summed E-state index contributed by atoms with van der Waals surface area (Å²) < 4.78 is 0. The number of nitrogens with one attached hydrogen (secondary N) is 7. The SMILES string of the molecule is CC[C@H](C)[C@H](NC(=O)[C@H](CCCCN)NC(=O)[C@@H](NC(=O)[C@H](CC(C)C)NC(=O)[C@@H](N)Cc1ccccc1)[C@@H](C)CC)C(=O)N[C@@H](CC(C)C)C(=O)N[C@@H](C)C(=O)N[C@@H](C)C(=O)O. The first-order chi connectivity index (χ1) is 29.6. The van der Waals surface area contributed by atoms with Gasteiger partial charge < -0.3 is 53.8 Å². The average molecular weight is 888 g/mol. The number of carboxylic acids is 1. The topological polar surface area (TPSA) is 293 Å². The lowest BCUT2D eigenvalue weighted by atomic mass is 9.95. The molecule has 1 aromatic carbocycles. The summed E-state index contributed by atoms with van der Waals surface area (Å²) in [6, 6.07) is 0.525. The molecule has 0 unspecified atom stereocenters. The first-order valence-electron chi connectivity index (χ1n) is 22.4. The molecule has 356 valence electrons. The van der Waals surface area contributed by atoms with Crippen LogP contribution in [0.3, 0.4) is 0 Å². The molecule has 0 aromatic heterocycles. The predicted octanol–water partition coefficient (Wildman–Crippen LogP) is 1.39. The van der Waals surface area contributed by atoms with Gasteiger partial charge in [-0.3, -0.25) is 38.4 Å². The number of hydrogen-bond acceptors (Lipinski definition) is 10. The van der Waals surface area contributed by atoms with Gasteiger partial charge in [-0.05, 0) is 88.2 Å². The van der Waals surface area contributed by atoms with Gasteiger partial charge in [0.15, 0.2) is 0 Å². The van der Waals surface area contributed by atoms with Gasteiger partial charge >= 0.3 is 5.97 Å². The van der Waals surface area contributed by atoms with E-state index < -0.39 is 107 Å². The zero-order valence-corrected chi connectivity index (χ0v) is 39.0. The quantitative estimate of drug-likeness (QED) is 0.0513. The highest BCUT2D eigenvalue weighted by Gasteiger charge is 2.36. The molecular weight excluding hydrogens is 811 g/mol. The van der Waals surface area contributed by atoms with Crippen LogP contribution in [0.25, 0.3) is 0 Å². The van der Waals surface area contributed by atoms with E-state index in [0.717, 1.165) is 5.56 Å². The van der Waals surface area contributed by atoms with Gasteiger partial charge in [-0.25, -0.2) is 0 Å². The zero-order chi connectivity index (χ0) is 48.0. The van der Waals surface area contributed by atoms with E-state index in [1.165, 1.54) is 13.8 Å². The van der Waals surface area contributed by atoms with Gasteiger partial charge in [0.1, 0.15) is 42.3 Å². The Morgan fingerprint density at radius 2 is 0.968 bits per heavy atom. The second-order valence-corrected chi connectivity index (χ2v) is 17.6. The smallest absolute Gasteiger partial charge is 0.325 e. The molecule has 12 N–H and O–H groups in total. The minimum absolute atomic E-state index is 0.00647. The summed E-state index contributed by atoms with van der Waals surface area (Å²) in [4.78, 5) is 107. The number of carboxylic acid groups (broad SMARTS) is 1. The standard InChI is InChI=1S/C45H77N9O9/c1-11-27(7)36(54-42(59)35(23-26(5)6)51-39(56)32(47)24-31-18-14-13-15-19-31)43(60)50-33(20-16-17-21-46)40(57)53-37(28(8)12-2)44(61)52-34(22-25(3)4)41(58)48-29(9)38(55)49-30(10)45(62)63/h13-15,18-19,25-30,32-37H,11-12,16-17,20-24,46-47H2,1-10H3,(H,48,58)(H,49,55)(H,50,60)(H,51,56)(H,52,61)(H,53,57)(H,54,59)(H,62,63)/t27-,28-,29-,30-,32-,33-,34-,35-,36-,37-/m0/s1. The molecule has 0 bridgehead atoms. The molecule has 0 aliphatic rings. The summed E-state index contributed by atoms with van der Waals surface area (Å²) in [6.45, 7) is 17.7. The normalized spacial score (nSPS) is 16.1. The molecular formula is C45H77N9O9. The van der Waals surface area contributed by atoms with Gasteiger partial charge in [0.2, 0.25) is 41.4 Å². The number of unbranched alkanes of at least 4 members (excludes halogenated alkanes) is 1. The maximum absolute atomic E-state index is 14.1. The van der Waals surface area contributed by atoms with Crippen molar-refractivity contribution >= 4 is 47.3 Å². The number of carbonyl (C=O) groups is 8. The third kappa shape index (κ3) is 20.3. The van der Waals surface area contributed by atoms with E-state index in [0.29, 0.717) is 32.2 Å². The fourth-order valence-corrected chi connectivity index (χ4v) is 6.62. The van der Waals surface area contributed by atoms with Crippen molar-refractivity contribution < 1.29 is 43.5 Å². The Hall–Kier alpha value is -5.10. The molecule has 0 saturated carbocycles. The van der Waals surface area contributed by atoms with E-state index in [-0.39, 0.29) is 37.5 Å². The maximum Gasteiger partial charge on any atom is 0.325 e. The van der Waals surface area contributed by atoms with Crippen molar-refractivity contribution in [2.45, 2.75) is 169 Å². The second kappa shape index (κ2) is 28.6. The van der Waals surface area contributed by atoms with Crippen LogP contribution in [-0.4, -0.2) is 107 Å². The molecule has 63 heavy (non-hydrogen) atoms. The number of aliphatic carboxylic acids is 1. The van der Waals surface area contributed by atoms with E-state index in [4.69, 9.17) is 16.6 Å². The molecule has 0 fully saturated rings. The van der Waals surface area contributed by atoms with Crippen LogP contribution in [0.5, 0.6) is 0 Å². The van der Waals surface area contributed by atoms with Crippen molar-refractivity contribution in [2.24, 2.45) is 35.1 Å². The molecule has 0 aliphatic carbocycles. The lowest BCUT2D eigenvalue weighted by molar-refractivity contribution is -0.141. The van der Waals surface area contributed by atoms with Crippen LogP contribution in [-0.2, 0) is 44.8 Å². The third-order valence-electron chi connectivity index (χ3n) is 11.0. The summed E-state index contributed by atoms with van der Waals surface area (Å²) in [6.07, 6.45) is 2.81. The van der Waals surface area contributed by atoms with E-state index >= 15 is 0 Å². The van der Waals surface area contributed by atoms with Crippen molar-refractivity contribution in [1.29, 1.82) is 0 Å². The minimum atomic E-state index is -1.25. The van der Waals surface area contributed by atoms with Crippen LogP contribution in [0.15, 0.2) is 30.3 Å². The van der Waals surface area contributed by atoms with E-state index in [1.807, 2.05) is 71.9 Å². The summed E-state index contributed by atoms with van der Waals surface area (Å²) in [5.74, 6) is -6.59. The molecule has 18 nitrogen and oxygen atoms in total. The maximum atomic E-state index is 14.1. The lowest BCUT2D eigenvalue weighted by Crippen LogP contribution is -2.61. The Bertz CT molecular complexity index is 1640. The zero-order valence-electron chi connectivity index (χ0n) is 39.0. The van der Waals surface area contributed by atoms with Crippen molar-refractivity contribution in [3.05, 3.63) is 35.9 Å². The first-order valence-corrected chi connectivity index (χ1v) is 22.4. The van der Waals surface area contributed by atoms with Crippen molar-refractivity contribution in [3.63, 3.8) is 0 Å². The number of nitrogens with two attached hydrogens (primary N) is 2. The molecule has 0 saturated heterocycles. The molecule has 0 heterocycles. The summed E-state index contributed by atoms with van der Waals surface area (Å²) in [7, 11) is 0. The summed E-state index contributed by atoms with van der Waals surface area (Å²) in [5.41, 5.74) is 12.9. The van der Waals surface area contributed by atoms with Crippen molar-refractivity contribution in [3.8, 4) is 0 Å². The highest BCUT2D eigenvalue weighted by Crippen LogP contribution is 2.15. The van der Waals surface area contributed by atoms with Gasteiger partial charge in [-0.2, -0.15) is 0 Å². The van der Waals surface area contributed by atoms with Crippen LogP contribution in [0.2, 0.25) is 0 Å². The van der Waals surface area contributed by atoms with Crippen molar-refractivity contribution in [2.75, 3.05) is 6.54 Å². The van der Waals surface area contributed by atoms with Gasteiger partial charge in [0.05, 0.1) is 6.04 Å². The molecule has 1 rings (SSSR count).